The number of fused-ring (bicyclic) bond motifs is 3. The average molecular weight is 467 g/mol. The standard InChI is InChI=1S/C26H30N2O6/c1-17-12-21-19(15-28(16-33-21)7-6-27-8-10-32-11-9-27)26-24(17)25(29)23(34-26)14-18-4-5-20(30-2)22(13-18)31-3/h4-5,12-14H,6-11,15-16H2,1-3H3/b23-14-. The lowest BCUT2D eigenvalue weighted by Gasteiger charge is -2.33. The summed E-state index contributed by atoms with van der Waals surface area (Å²) >= 11 is 0. The molecule has 0 saturated carbocycles. The molecule has 0 amide bonds. The smallest absolute Gasteiger partial charge is 0.232 e. The van der Waals surface area contributed by atoms with Crippen LogP contribution < -0.4 is 18.9 Å². The fourth-order valence-electron chi connectivity index (χ4n) is 4.62. The minimum absolute atomic E-state index is 0.115. The topological polar surface area (TPSA) is 69.7 Å². The van der Waals surface area contributed by atoms with Crippen molar-refractivity contribution in [1.29, 1.82) is 0 Å². The average Bonchev–Trinajstić information content (AvgIpc) is 3.20. The number of morpholine rings is 1. The normalized spacial score (nSPS) is 19.4. The first kappa shape index (κ1) is 22.7. The molecule has 8 nitrogen and oxygen atoms in total. The summed E-state index contributed by atoms with van der Waals surface area (Å²) in [4.78, 5) is 17.9. The van der Waals surface area contributed by atoms with Gasteiger partial charge >= 0.3 is 0 Å². The molecule has 1 saturated heterocycles. The van der Waals surface area contributed by atoms with Crippen molar-refractivity contribution in [3.63, 3.8) is 0 Å². The first-order chi connectivity index (χ1) is 16.6. The molecule has 2 aromatic rings. The van der Waals surface area contributed by atoms with E-state index >= 15 is 0 Å². The van der Waals surface area contributed by atoms with Gasteiger partial charge in [-0.15, -0.1) is 0 Å². The Bertz CT molecular complexity index is 1120. The van der Waals surface area contributed by atoms with Crippen molar-refractivity contribution in [1.82, 2.24) is 9.80 Å². The van der Waals surface area contributed by atoms with Gasteiger partial charge in [-0.25, -0.2) is 0 Å². The largest absolute Gasteiger partial charge is 0.493 e. The van der Waals surface area contributed by atoms with Crippen LogP contribution in [0.4, 0.5) is 0 Å². The van der Waals surface area contributed by atoms with Crippen LogP contribution in [0, 0.1) is 6.92 Å². The maximum Gasteiger partial charge on any atom is 0.232 e. The third-order valence-corrected chi connectivity index (χ3v) is 6.53. The Balaban J connectivity index is 1.38. The molecule has 3 heterocycles. The van der Waals surface area contributed by atoms with Crippen molar-refractivity contribution in [3.05, 3.63) is 52.3 Å². The van der Waals surface area contributed by atoms with Crippen LogP contribution in [-0.2, 0) is 11.3 Å². The number of aryl methyl sites for hydroxylation is 1. The van der Waals surface area contributed by atoms with Crippen molar-refractivity contribution in [2.24, 2.45) is 0 Å². The van der Waals surface area contributed by atoms with Crippen molar-refractivity contribution in [2.75, 3.05) is 60.3 Å². The van der Waals surface area contributed by atoms with Gasteiger partial charge in [0.1, 0.15) is 18.2 Å². The van der Waals surface area contributed by atoms with Gasteiger partial charge in [0.2, 0.25) is 5.78 Å². The van der Waals surface area contributed by atoms with Crippen LogP contribution >= 0.6 is 0 Å². The molecule has 0 radical (unpaired) electrons. The van der Waals surface area contributed by atoms with Gasteiger partial charge < -0.3 is 23.7 Å². The highest BCUT2D eigenvalue weighted by Crippen LogP contribution is 2.44. The van der Waals surface area contributed by atoms with Gasteiger partial charge in [0.15, 0.2) is 17.3 Å². The predicted molar refractivity (Wildman–Crippen MR) is 127 cm³/mol. The first-order valence-corrected chi connectivity index (χ1v) is 11.6. The lowest BCUT2D eigenvalue weighted by Crippen LogP contribution is -2.43. The maximum absolute atomic E-state index is 13.3. The monoisotopic (exact) mass is 466 g/mol. The van der Waals surface area contributed by atoms with E-state index in [0.29, 0.717) is 41.8 Å². The molecule has 5 rings (SSSR count). The van der Waals surface area contributed by atoms with E-state index in [2.05, 4.69) is 9.80 Å². The zero-order chi connectivity index (χ0) is 23.7. The third-order valence-electron chi connectivity index (χ3n) is 6.53. The van der Waals surface area contributed by atoms with Gasteiger partial charge in [-0.2, -0.15) is 0 Å². The van der Waals surface area contributed by atoms with E-state index < -0.39 is 0 Å². The molecule has 2 aromatic carbocycles. The minimum Gasteiger partial charge on any atom is -0.493 e. The van der Waals surface area contributed by atoms with Gasteiger partial charge in [-0.3, -0.25) is 14.6 Å². The highest BCUT2D eigenvalue weighted by atomic mass is 16.5. The Hall–Kier alpha value is -3.07. The number of methoxy groups -OCH3 is 2. The van der Waals surface area contributed by atoms with Gasteiger partial charge in [0.25, 0.3) is 0 Å². The molecule has 180 valence electrons. The molecule has 0 bridgehead atoms. The van der Waals surface area contributed by atoms with E-state index in [1.807, 2.05) is 31.2 Å². The van der Waals surface area contributed by atoms with E-state index in [-0.39, 0.29) is 5.78 Å². The first-order valence-electron chi connectivity index (χ1n) is 11.6. The van der Waals surface area contributed by atoms with Gasteiger partial charge in [0.05, 0.1) is 38.6 Å². The van der Waals surface area contributed by atoms with E-state index in [9.17, 15) is 4.79 Å². The van der Waals surface area contributed by atoms with E-state index in [4.69, 9.17) is 23.7 Å². The fourth-order valence-corrected chi connectivity index (χ4v) is 4.62. The highest BCUT2D eigenvalue weighted by Gasteiger charge is 2.35. The van der Waals surface area contributed by atoms with Crippen molar-refractivity contribution in [3.8, 4) is 23.0 Å². The molecule has 0 spiro atoms. The van der Waals surface area contributed by atoms with Crippen LogP contribution in [0.5, 0.6) is 23.0 Å². The summed E-state index contributed by atoms with van der Waals surface area (Å²) < 4.78 is 28.4. The van der Waals surface area contributed by atoms with Crippen LogP contribution in [0.2, 0.25) is 0 Å². The molecular weight excluding hydrogens is 436 g/mol. The van der Waals surface area contributed by atoms with Gasteiger partial charge in [-0.1, -0.05) is 6.07 Å². The number of Topliss-reactive ketones (excluding diaryl/α,β-unsaturated/α-hetero) is 1. The number of ketones is 1. The molecule has 3 aliphatic heterocycles. The summed E-state index contributed by atoms with van der Waals surface area (Å²) in [5.41, 5.74) is 3.20. The lowest BCUT2D eigenvalue weighted by atomic mass is 9.98. The Morgan fingerprint density at radius 2 is 1.79 bits per heavy atom. The fraction of sp³-hybridized carbons (Fsp3) is 0.423. The number of hydrogen-bond acceptors (Lipinski definition) is 8. The molecular formula is C26H30N2O6. The van der Waals surface area contributed by atoms with E-state index in [0.717, 1.165) is 61.8 Å². The van der Waals surface area contributed by atoms with Crippen LogP contribution in [0.3, 0.4) is 0 Å². The van der Waals surface area contributed by atoms with Crippen LogP contribution in [0.25, 0.3) is 6.08 Å². The summed E-state index contributed by atoms with van der Waals surface area (Å²) in [5, 5.41) is 0. The van der Waals surface area contributed by atoms with Crippen molar-refractivity contribution < 1.29 is 28.5 Å². The molecule has 0 unspecified atom stereocenters. The molecule has 1 fully saturated rings. The summed E-state index contributed by atoms with van der Waals surface area (Å²) in [6, 6.07) is 7.45. The number of benzene rings is 2. The second-order valence-corrected chi connectivity index (χ2v) is 8.71. The molecule has 0 aromatic heterocycles. The van der Waals surface area contributed by atoms with Crippen LogP contribution in [-0.4, -0.2) is 75.9 Å². The molecule has 0 aliphatic carbocycles. The Morgan fingerprint density at radius 3 is 2.56 bits per heavy atom. The number of rotatable bonds is 6. The quantitative estimate of drug-likeness (QED) is 0.602. The van der Waals surface area contributed by atoms with E-state index in [1.54, 1.807) is 20.3 Å². The number of ether oxygens (including phenoxy) is 5. The third kappa shape index (κ3) is 4.36. The van der Waals surface area contributed by atoms with Crippen molar-refractivity contribution in [2.45, 2.75) is 13.5 Å². The summed E-state index contributed by atoms with van der Waals surface area (Å²) in [7, 11) is 3.18. The predicted octanol–water partition coefficient (Wildman–Crippen LogP) is 3.11. The Morgan fingerprint density at radius 1 is 1.03 bits per heavy atom. The van der Waals surface area contributed by atoms with Crippen LogP contribution in [0.15, 0.2) is 30.0 Å². The highest BCUT2D eigenvalue weighted by molar-refractivity contribution is 6.15. The van der Waals surface area contributed by atoms with Crippen LogP contribution in [0.1, 0.15) is 27.0 Å². The van der Waals surface area contributed by atoms with Gasteiger partial charge in [-0.05, 0) is 42.3 Å². The van der Waals surface area contributed by atoms with E-state index in [1.165, 1.54) is 0 Å². The molecule has 8 heteroatoms. The number of carbonyl (C=O) groups is 1. The summed E-state index contributed by atoms with van der Waals surface area (Å²) in [6.45, 7) is 8.47. The number of hydrogen-bond donors (Lipinski definition) is 0. The second kappa shape index (κ2) is 9.66. The second-order valence-electron chi connectivity index (χ2n) is 8.71. The Kier molecular flexibility index (Phi) is 6.45. The summed E-state index contributed by atoms with van der Waals surface area (Å²) in [5.74, 6) is 2.81. The molecule has 0 N–H and O–H groups in total. The maximum atomic E-state index is 13.3. The number of allylic oxidation sites excluding steroid dienone is 1. The zero-order valence-electron chi connectivity index (χ0n) is 19.9. The molecule has 34 heavy (non-hydrogen) atoms. The Labute approximate surface area is 199 Å². The lowest BCUT2D eigenvalue weighted by molar-refractivity contribution is 0.0239. The SMILES string of the molecule is COc1ccc(/C=C2\Oc3c4c(cc(C)c3C2=O)OCN(CCN2CCOCC2)C4)cc1OC. The molecule has 0 atom stereocenters. The van der Waals surface area contributed by atoms with Gasteiger partial charge in [0, 0.05) is 32.7 Å². The minimum atomic E-state index is -0.115. The molecule has 3 aliphatic rings. The van der Waals surface area contributed by atoms with Crippen molar-refractivity contribution >= 4 is 11.9 Å². The number of carbonyl (C=O) groups excluding carboxylic acids is 1. The summed E-state index contributed by atoms with van der Waals surface area (Å²) in [6.07, 6.45) is 1.75. The zero-order valence-corrected chi connectivity index (χ0v) is 19.9. The number of nitrogens with zero attached hydrogens (tertiary/aromatic N) is 2.